The van der Waals surface area contributed by atoms with E-state index in [1.807, 2.05) is 58.0 Å². The van der Waals surface area contributed by atoms with Gasteiger partial charge in [0.1, 0.15) is 28.9 Å². The van der Waals surface area contributed by atoms with E-state index in [0.717, 1.165) is 23.3 Å². The Morgan fingerprint density at radius 3 is 2.36 bits per heavy atom. The third-order valence-electron chi connectivity index (χ3n) is 5.02. The van der Waals surface area contributed by atoms with E-state index in [0.29, 0.717) is 23.4 Å². The zero-order valence-electron chi connectivity index (χ0n) is 16.4. The second kappa shape index (κ2) is 8.47. The number of hydrogen-bond acceptors (Lipinski definition) is 5. The average Bonchev–Trinajstić information content (AvgIpc) is 2.89. The molecule has 0 amide bonds. The second-order valence-electron chi connectivity index (χ2n) is 7.49. The van der Waals surface area contributed by atoms with Crippen LogP contribution in [0.1, 0.15) is 43.6 Å². The standard InChI is InChI=1S/C21H23BO5S/c1-20(2)21(3,4)27-22(26-20)19-17(13-23)11-8-12-18(19)25-28-15-24-14-16-9-6-5-7-10-16/h5-13H,14H2,1-4H3. The summed E-state index contributed by atoms with van der Waals surface area (Å²) >= 11 is 0.918. The predicted octanol–water partition coefficient (Wildman–Crippen LogP) is 3.96. The molecule has 0 aliphatic carbocycles. The monoisotopic (exact) mass is 398 g/mol. The van der Waals surface area contributed by atoms with E-state index in [-0.39, 0.29) is 0 Å². The smallest absolute Gasteiger partial charge is 0.399 e. The molecule has 1 heterocycles. The first-order chi connectivity index (χ1) is 13.3. The van der Waals surface area contributed by atoms with Crippen molar-refractivity contribution in [2.24, 2.45) is 0 Å². The Kier molecular flexibility index (Phi) is 6.23. The van der Waals surface area contributed by atoms with E-state index < -0.39 is 18.3 Å². The quantitative estimate of drug-likeness (QED) is 0.434. The van der Waals surface area contributed by atoms with Gasteiger partial charge in [-0.1, -0.05) is 42.5 Å². The minimum Gasteiger partial charge on any atom is -0.399 e. The van der Waals surface area contributed by atoms with Gasteiger partial charge in [-0.25, -0.2) is 0 Å². The lowest BCUT2D eigenvalue weighted by atomic mass is 9.75. The molecule has 2 aromatic rings. The van der Waals surface area contributed by atoms with Gasteiger partial charge < -0.3 is 13.5 Å². The molecule has 7 heteroatoms. The molecule has 1 aliphatic rings. The van der Waals surface area contributed by atoms with Crippen LogP contribution < -0.4 is 9.65 Å². The van der Waals surface area contributed by atoms with Gasteiger partial charge in [0.15, 0.2) is 0 Å². The van der Waals surface area contributed by atoms with Crippen molar-refractivity contribution in [2.75, 3.05) is 0 Å². The largest absolute Gasteiger partial charge is 0.499 e. The number of aldehydes is 1. The van der Waals surface area contributed by atoms with Gasteiger partial charge in [0.05, 0.1) is 17.8 Å². The molecule has 1 saturated heterocycles. The van der Waals surface area contributed by atoms with Crippen LogP contribution in [-0.2, 0) is 20.7 Å². The maximum atomic E-state index is 11.6. The third kappa shape index (κ3) is 4.46. The number of carbonyl (C=O) groups excluding carboxylic acids is 1. The summed E-state index contributed by atoms with van der Waals surface area (Å²) in [6, 6.07) is 15.0. The summed E-state index contributed by atoms with van der Waals surface area (Å²) in [4.78, 5) is 11.6. The van der Waals surface area contributed by atoms with Crippen LogP contribution >= 0.6 is 11.5 Å². The van der Waals surface area contributed by atoms with Crippen LogP contribution in [-0.4, -0.2) is 24.6 Å². The van der Waals surface area contributed by atoms with Gasteiger partial charge in [-0.3, -0.25) is 9.53 Å². The molecule has 28 heavy (non-hydrogen) atoms. The van der Waals surface area contributed by atoms with E-state index in [9.17, 15) is 4.79 Å². The van der Waals surface area contributed by atoms with Crippen LogP contribution in [0.15, 0.2) is 48.5 Å². The van der Waals surface area contributed by atoms with Crippen LogP contribution in [0.25, 0.3) is 0 Å². The number of benzene rings is 2. The molecule has 0 atom stereocenters. The Bertz CT molecular complexity index is 886. The van der Waals surface area contributed by atoms with Gasteiger partial charge in [0.25, 0.3) is 0 Å². The van der Waals surface area contributed by atoms with Gasteiger partial charge in [-0.15, -0.1) is 0 Å². The molecule has 0 spiro atoms. The van der Waals surface area contributed by atoms with Crippen LogP contribution in [0.4, 0.5) is 0 Å². The predicted molar refractivity (Wildman–Crippen MR) is 111 cm³/mol. The highest BCUT2D eigenvalue weighted by atomic mass is 32.1. The minimum atomic E-state index is -0.702. The van der Waals surface area contributed by atoms with Crippen LogP contribution in [0.2, 0.25) is 0 Å². The molecule has 0 saturated carbocycles. The van der Waals surface area contributed by atoms with E-state index >= 15 is 0 Å². The normalized spacial score (nSPS) is 17.1. The van der Waals surface area contributed by atoms with Crippen LogP contribution in [0.5, 0.6) is 5.75 Å². The zero-order valence-corrected chi connectivity index (χ0v) is 17.2. The molecule has 3 rings (SSSR count). The fourth-order valence-electron chi connectivity index (χ4n) is 2.72. The van der Waals surface area contributed by atoms with E-state index in [1.54, 1.807) is 18.2 Å². The van der Waals surface area contributed by atoms with Crippen LogP contribution in [0, 0.1) is 5.37 Å². The van der Waals surface area contributed by atoms with Crippen molar-refractivity contribution in [3.63, 3.8) is 0 Å². The molecule has 2 aromatic carbocycles. The maximum absolute atomic E-state index is 11.6. The molecule has 0 aromatic heterocycles. The summed E-state index contributed by atoms with van der Waals surface area (Å²) in [7, 11) is -0.702. The number of rotatable bonds is 5. The molecular formula is C21H23BO5S. The summed E-state index contributed by atoms with van der Waals surface area (Å²) < 4.78 is 23.3. The van der Waals surface area contributed by atoms with Crippen molar-refractivity contribution in [2.45, 2.75) is 45.5 Å². The molecular weight excluding hydrogens is 375 g/mol. The highest BCUT2D eigenvalue weighted by molar-refractivity contribution is 7.84. The van der Waals surface area contributed by atoms with Crippen molar-refractivity contribution >= 4 is 30.3 Å². The van der Waals surface area contributed by atoms with E-state index in [2.05, 4.69) is 5.37 Å². The van der Waals surface area contributed by atoms with Crippen molar-refractivity contribution in [1.82, 2.24) is 0 Å². The van der Waals surface area contributed by atoms with E-state index in [1.165, 1.54) is 0 Å². The molecule has 146 valence electrons. The Morgan fingerprint density at radius 1 is 1.04 bits per heavy atom. The van der Waals surface area contributed by atoms with Gasteiger partial charge >= 0.3 is 7.12 Å². The Hall–Kier alpha value is -2.15. The van der Waals surface area contributed by atoms with Gasteiger partial charge in [-0.05, 0) is 39.3 Å². The highest BCUT2D eigenvalue weighted by Crippen LogP contribution is 2.37. The lowest BCUT2D eigenvalue weighted by Crippen LogP contribution is -2.41. The Morgan fingerprint density at radius 2 is 1.71 bits per heavy atom. The molecule has 0 unspecified atom stereocenters. The van der Waals surface area contributed by atoms with Crippen molar-refractivity contribution in [3.05, 3.63) is 59.7 Å². The Balaban J connectivity index is 1.76. The van der Waals surface area contributed by atoms with Crippen molar-refractivity contribution in [1.29, 1.82) is 0 Å². The van der Waals surface area contributed by atoms with Crippen LogP contribution in [0.3, 0.4) is 0 Å². The molecule has 0 bridgehead atoms. The van der Waals surface area contributed by atoms with Gasteiger partial charge in [0, 0.05) is 11.0 Å². The first-order valence-corrected chi connectivity index (χ1v) is 9.76. The molecule has 0 N–H and O–H groups in total. The second-order valence-corrected chi connectivity index (χ2v) is 7.99. The summed E-state index contributed by atoms with van der Waals surface area (Å²) in [5, 5.41) is 2.69. The minimum absolute atomic E-state index is 0.398. The third-order valence-corrected chi connectivity index (χ3v) is 5.47. The van der Waals surface area contributed by atoms with Gasteiger partial charge in [-0.2, -0.15) is 0 Å². The van der Waals surface area contributed by atoms with E-state index in [4.69, 9.17) is 18.2 Å². The maximum Gasteiger partial charge on any atom is 0.499 e. The molecule has 5 nitrogen and oxygen atoms in total. The summed E-state index contributed by atoms with van der Waals surface area (Å²) in [5.74, 6) is 0.476. The summed E-state index contributed by atoms with van der Waals surface area (Å²) in [6.45, 7) is 8.25. The van der Waals surface area contributed by atoms with Gasteiger partial charge in [0.2, 0.25) is 0 Å². The summed E-state index contributed by atoms with van der Waals surface area (Å²) in [6.07, 6.45) is 0.775. The lowest BCUT2D eigenvalue weighted by Gasteiger charge is -2.32. The molecule has 1 aliphatic heterocycles. The average molecular weight is 398 g/mol. The fraction of sp³-hybridized carbons (Fsp3) is 0.333. The van der Waals surface area contributed by atoms with Crippen molar-refractivity contribution < 1.29 is 23.0 Å². The first kappa shape index (κ1) is 20.6. The number of hydrogen-bond donors (Lipinski definition) is 0. The Labute approximate surface area is 169 Å². The van der Waals surface area contributed by atoms with Crippen molar-refractivity contribution in [3.8, 4) is 11.1 Å². The zero-order chi connectivity index (χ0) is 20.2. The molecule has 1 fully saturated rings. The molecule has 0 radical (unpaired) electrons. The topological polar surface area (TPSA) is 54.0 Å². The first-order valence-electron chi connectivity index (χ1n) is 9.02. The highest BCUT2D eigenvalue weighted by Gasteiger charge is 2.53. The SMILES string of the molecule is CC1(C)OB(c2c(C=O)cccc2OS#COCc2ccccc2)OC1(C)C. The fourth-order valence-corrected chi connectivity index (χ4v) is 3.10. The number of ether oxygens (including phenoxy) is 1. The lowest BCUT2D eigenvalue weighted by molar-refractivity contribution is 0.00578. The number of carbonyl (C=O) groups is 1. The summed E-state index contributed by atoms with van der Waals surface area (Å²) in [5.41, 5.74) is 1.02.